The number of benzene rings is 2. The normalized spacial score (nSPS) is 13.0. The van der Waals surface area contributed by atoms with E-state index in [2.05, 4.69) is 5.10 Å². The van der Waals surface area contributed by atoms with Crippen LogP contribution in [0.4, 0.5) is 5.82 Å². The van der Waals surface area contributed by atoms with E-state index in [1.807, 2.05) is 48.7 Å². The third-order valence-corrected chi connectivity index (χ3v) is 4.83. The molecule has 2 aromatic carbocycles. The maximum Gasteiger partial charge on any atom is 0.264 e. The average Bonchev–Trinajstić information content (AvgIpc) is 3.27. The largest absolute Gasteiger partial charge is 0.493 e. The number of fused-ring (bicyclic) bond motifs is 1. The summed E-state index contributed by atoms with van der Waals surface area (Å²) in [6.07, 6.45) is 1.86. The Hall–Kier alpha value is -2.99. The van der Waals surface area contributed by atoms with Crippen molar-refractivity contribution in [2.45, 2.75) is 13.1 Å². The molecule has 0 fully saturated rings. The number of amides is 1. The lowest BCUT2D eigenvalue weighted by atomic mass is 10.1. The molecule has 0 unspecified atom stereocenters. The second-order valence-electron chi connectivity index (χ2n) is 6.22. The molecule has 0 saturated carbocycles. The second kappa shape index (κ2) is 6.96. The van der Waals surface area contributed by atoms with Gasteiger partial charge < -0.3 is 9.47 Å². The van der Waals surface area contributed by atoms with Crippen LogP contribution in [-0.4, -0.2) is 29.9 Å². The van der Waals surface area contributed by atoms with Crippen molar-refractivity contribution in [1.29, 1.82) is 0 Å². The molecule has 0 N–H and O–H groups in total. The molecule has 2 heterocycles. The maximum atomic E-state index is 13.0. The summed E-state index contributed by atoms with van der Waals surface area (Å²) < 4.78 is 12.5. The van der Waals surface area contributed by atoms with E-state index in [4.69, 9.17) is 21.1 Å². The Morgan fingerprint density at radius 3 is 2.56 bits per heavy atom. The van der Waals surface area contributed by atoms with Gasteiger partial charge in [0.05, 0.1) is 32.9 Å². The topological polar surface area (TPSA) is 56.6 Å². The second-order valence-corrected chi connectivity index (χ2v) is 6.66. The number of hydrogen-bond donors (Lipinski definition) is 0. The van der Waals surface area contributed by atoms with Gasteiger partial charge in [-0.15, -0.1) is 0 Å². The van der Waals surface area contributed by atoms with Crippen LogP contribution in [0.2, 0.25) is 5.02 Å². The Morgan fingerprint density at radius 1 is 1.07 bits per heavy atom. The van der Waals surface area contributed by atoms with Crippen LogP contribution >= 0.6 is 11.6 Å². The number of carbonyl (C=O) groups excluding carboxylic acids is 1. The predicted molar refractivity (Wildman–Crippen MR) is 103 cm³/mol. The van der Waals surface area contributed by atoms with E-state index < -0.39 is 0 Å². The Labute approximate surface area is 161 Å². The minimum atomic E-state index is -0.141. The van der Waals surface area contributed by atoms with Gasteiger partial charge in [0.25, 0.3) is 5.91 Å². The number of anilines is 1. The van der Waals surface area contributed by atoms with Gasteiger partial charge in [0.2, 0.25) is 0 Å². The molecule has 0 aliphatic carbocycles. The Bertz CT molecular complexity index is 998. The van der Waals surface area contributed by atoms with Crippen molar-refractivity contribution >= 4 is 23.3 Å². The molecule has 0 bridgehead atoms. The molecule has 0 atom stereocenters. The van der Waals surface area contributed by atoms with Crippen molar-refractivity contribution in [3.05, 3.63) is 70.4 Å². The van der Waals surface area contributed by atoms with E-state index in [9.17, 15) is 4.79 Å². The first kappa shape index (κ1) is 17.4. The van der Waals surface area contributed by atoms with Crippen molar-refractivity contribution in [3.63, 3.8) is 0 Å². The first-order chi connectivity index (χ1) is 13.1. The minimum Gasteiger partial charge on any atom is -0.493 e. The highest BCUT2D eigenvalue weighted by molar-refractivity contribution is 6.30. The molecule has 3 aromatic rings. The fourth-order valence-corrected chi connectivity index (χ4v) is 3.38. The van der Waals surface area contributed by atoms with Gasteiger partial charge in [-0.25, -0.2) is 0 Å². The van der Waals surface area contributed by atoms with Gasteiger partial charge in [-0.05, 0) is 29.3 Å². The number of methoxy groups -OCH3 is 2. The van der Waals surface area contributed by atoms with Gasteiger partial charge in [-0.3, -0.25) is 14.4 Å². The molecular formula is C20H18ClN3O3. The molecule has 1 aliphatic rings. The molecule has 27 heavy (non-hydrogen) atoms. The maximum absolute atomic E-state index is 13.0. The standard InChI is InChI=1S/C20H18ClN3O3/c1-26-16-8-5-14-12-24(20(25)18(14)19(16)27-2)17-9-10-23(22-17)11-13-3-6-15(21)7-4-13/h3-10H,11-12H2,1-2H3. The van der Waals surface area contributed by atoms with Crippen molar-refractivity contribution < 1.29 is 14.3 Å². The molecule has 1 aromatic heterocycles. The van der Waals surface area contributed by atoms with E-state index in [-0.39, 0.29) is 5.91 Å². The summed E-state index contributed by atoms with van der Waals surface area (Å²) in [5.74, 6) is 1.46. The first-order valence-electron chi connectivity index (χ1n) is 8.44. The number of hydrogen-bond acceptors (Lipinski definition) is 4. The van der Waals surface area contributed by atoms with E-state index in [1.165, 1.54) is 7.11 Å². The molecular weight excluding hydrogens is 366 g/mol. The monoisotopic (exact) mass is 383 g/mol. The van der Waals surface area contributed by atoms with Crippen LogP contribution in [0.1, 0.15) is 21.5 Å². The van der Waals surface area contributed by atoms with E-state index in [0.717, 1.165) is 11.1 Å². The molecule has 1 aliphatic heterocycles. The van der Waals surface area contributed by atoms with Gasteiger partial charge in [-0.1, -0.05) is 29.8 Å². The molecule has 0 radical (unpaired) electrons. The molecule has 7 heteroatoms. The molecule has 138 valence electrons. The highest BCUT2D eigenvalue weighted by atomic mass is 35.5. The summed E-state index contributed by atoms with van der Waals surface area (Å²) in [6.45, 7) is 1.05. The zero-order valence-corrected chi connectivity index (χ0v) is 15.7. The minimum absolute atomic E-state index is 0.141. The van der Waals surface area contributed by atoms with Crippen LogP contribution < -0.4 is 14.4 Å². The summed E-state index contributed by atoms with van der Waals surface area (Å²) >= 11 is 5.93. The third-order valence-electron chi connectivity index (χ3n) is 4.58. The van der Waals surface area contributed by atoms with E-state index in [0.29, 0.717) is 41.0 Å². The lowest BCUT2D eigenvalue weighted by molar-refractivity contribution is 0.0992. The Balaban J connectivity index is 1.59. The highest BCUT2D eigenvalue weighted by Gasteiger charge is 2.34. The molecule has 6 nitrogen and oxygen atoms in total. The van der Waals surface area contributed by atoms with Crippen molar-refractivity contribution in [2.24, 2.45) is 0 Å². The smallest absolute Gasteiger partial charge is 0.264 e. The van der Waals surface area contributed by atoms with Gasteiger partial charge in [0.1, 0.15) is 0 Å². The number of nitrogens with zero attached hydrogens (tertiary/aromatic N) is 3. The lowest BCUT2D eigenvalue weighted by Gasteiger charge is -2.12. The van der Waals surface area contributed by atoms with Crippen LogP contribution in [0.25, 0.3) is 0 Å². The van der Waals surface area contributed by atoms with Gasteiger partial charge in [-0.2, -0.15) is 5.10 Å². The number of halogens is 1. The quantitative estimate of drug-likeness (QED) is 0.673. The summed E-state index contributed by atoms with van der Waals surface area (Å²) in [6, 6.07) is 13.1. The van der Waals surface area contributed by atoms with Crippen LogP contribution in [0.3, 0.4) is 0 Å². The summed E-state index contributed by atoms with van der Waals surface area (Å²) in [5.41, 5.74) is 2.51. The predicted octanol–water partition coefficient (Wildman–Crippen LogP) is 3.76. The zero-order valence-electron chi connectivity index (χ0n) is 15.0. The Kier molecular flexibility index (Phi) is 4.49. The van der Waals surface area contributed by atoms with Gasteiger partial charge in [0, 0.05) is 17.3 Å². The number of aromatic nitrogens is 2. The fourth-order valence-electron chi connectivity index (χ4n) is 3.26. The number of carbonyl (C=O) groups is 1. The van der Waals surface area contributed by atoms with Crippen LogP contribution in [-0.2, 0) is 13.1 Å². The zero-order chi connectivity index (χ0) is 19.0. The number of ether oxygens (including phenoxy) is 2. The molecule has 4 rings (SSSR count). The average molecular weight is 384 g/mol. The molecule has 1 amide bonds. The van der Waals surface area contributed by atoms with Crippen LogP contribution in [0, 0.1) is 0 Å². The summed E-state index contributed by atoms with van der Waals surface area (Å²) in [5, 5.41) is 5.26. The van der Waals surface area contributed by atoms with Crippen molar-refractivity contribution in [1.82, 2.24) is 9.78 Å². The lowest BCUT2D eigenvalue weighted by Crippen LogP contribution is -2.24. The SMILES string of the molecule is COc1ccc2c(c1OC)C(=O)N(c1ccn(Cc3ccc(Cl)cc3)n1)C2. The Morgan fingerprint density at radius 2 is 1.85 bits per heavy atom. The fraction of sp³-hybridized carbons (Fsp3) is 0.200. The van der Waals surface area contributed by atoms with E-state index >= 15 is 0 Å². The first-order valence-corrected chi connectivity index (χ1v) is 8.82. The van der Waals surface area contributed by atoms with Crippen molar-refractivity contribution in [3.8, 4) is 11.5 Å². The van der Waals surface area contributed by atoms with Crippen LogP contribution in [0.5, 0.6) is 11.5 Å². The molecule has 0 spiro atoms. The van der Waals surface area contributed by atoms with E-state index in [1.54, 1.807) is 16.7 Å². The summed E-state index contributed by atoms with van der Waals surface area (Å²) in [4.78, 5) is 14.6. The van der Waals surface area contributed by atoms with Crippen molar-refractivity contribution in [2.75, 3.05) is 19.1 Å². The highest BCUT2D eigenvalue weighted by Crippen LogP contribution is 2.39. The van der Waals surface area contributed by atoms with Gasteiger partial charge >= 0.3 is 0 Å². The van der Waals surface area contributed by atoms with Gasteiger partial charge in [0.15, 0.2) is 17.3 Å². The summed E-state index contributed by atoms with van der Waals surface area (Å²) in [7, 11) is 3.09. The van der Waals surface area contributed by atoms with Crippen LogP contribution in [0.15, 0.2) is 48.7 Å². The third kappa shape index (κ3) is 3.13. The number of rotatable bonds is 5. The molecule has 0 saturated heterocycles.